The minimum Gasteiger partial charge on any atom is -0.310 e. The van der Waals surface area contributed by atoms with Gasteiger partial charge in [-0.05, 0) is 184 Å². The first-order chi connectivity index (χ1) is 56.3. The molecule has 8 heteroatoms. The van der Waals surface area contributed by atoms with Gasteiger partial charge in [0.15, 0.2) is 5.82 Å². The third-order valence-corrected chi connectivity index (χ3v) is 25.2. The molecule has 22 rings (SSSR count). The van der Waals surface area contributed by atoms with E-state index in [0.717, 1.165) is 145 Å². The first-order valence-electron chi connectivity index (χ1n) is 38.6. The maximum Gasteiger partial charge on any atom is 0.160 e. The van der Waals surface area contributed by atoms with Crippen LogP contribution in [0, 0.1) is 6.92 Å². The van der Waals surface area contributed by atoms with Gasteiger partial charge in [0, 0.05) is 118 Å². The highest BCUT2D eigenvalue weighted by atomic mass is 32.1. The fraction of sp³-hybridized carbons (Fsp3) is 0.00943. The molecule has 0 radical (unpaired) electrons. The minimum atomic E-state index is 0.646. The summed E-state index contributed by atoms with van der Waals surface area (Å²) in [6.07, 6.45) is 5.99. The van der Waals surface area contributed by atoms with Crippen LogP contribution < -0.4 is 0 Å². The summed E-state index contributed by atoms with van der Waals surface area (Å²) in [5.74, 6) is 0.646. The van der Waals surface area contributed by atoms with Crippen LogP contribution in [0.3, 0.4) is 0 Å². The van der Waals surface area contributed by atoms with Gasteiger partial charge in [0.25, 0.3) is 0 Å². The maximum absolute atomic E-state index is 5.49. The molecule has 0 aliphatic carbocycles. The Hall–Kier alpha value is -14.4. The Balaban J connectivity index is 0.649. The van der Waals surface area contributed by atoms with Gasteiger partial charge in [0.1, 0.15) is 0 Å². The molecule has 0 fully saturated rings. The number of aryl methyl sites for hydroxylation is 1. The highest BCUT2D eigenvalue weighted by molar-refractivity contribution is 7.26. The zero-order chi connectivity index (χ0) is 75.5. The number of rotatable bonds is 14. The molecule has 15 aromatic carbocycles. The predicted molar refractivity (Wildman–Crippen MR) is 484 cm³/mol. The summed E-state index contributed by atoms with van der Waals surface area (Å²) < 4.78 is 12.4. The summed E-state index contributed by atoms with van der Waals surface area (Å²) in [5, 5.41) is 11.1. The monoisotopic (exact) mass is 1490 g/mol. The SMILES string of the molecule is C=C/C=C\c1c(C)c2ccccc2n1-c1ccc(-c2cc(-c3ccc(-c4ccc5sc6ccccc6c5c4)cc3)nc(-c3ccc(-c4ccc5c(c4)c4ccccc4n5-c4cc(-c5cc(-c6ccccc6)nc(-c6ccc(-c7ccc8sc9ccccc9c8c7)cc6)c5)cc(-n5c6ccccc6c6ccccc65)c4)cc3)n2)cc1. The summed E-state index contributed by atoms with van der Waals surface area (Å²) in [4.78, 5) is 16.3. The van der Waals surface area contributed by atoms with Crippen LogP contribution in [-0.4, -0.2) is 28.7 Å². The molecule has 0 unspecified atom stereocenters. The van der Waals surface area contributed by atoms with Gasteiger partial charge in [-0.1, -0.05) is 261 Å². The van der Waals surface area contributed by atoms with Gasteiger partial charge in [-0.15, -0.1) is 22.7 Å². The van der Waals surface area contributed by atoms with E-state index in [2.05, 4.69) is 397 Å². The van der Waals surface area contributed by atoms with Crippen LogP contribution in [0.1, 0.15) is 11.3 Å². The van der Waals surface area contributed by atoms with Crippen molar-refractivity contribution in [1.82, 2.24) is 28.7 Å². The molecule has 0 saturated carbocycles. The summed E-state index contributed by atoms with van der Waals surface area (Å²) in [6, 6.07) is 133. The standard InChI is InChI=1S/C106H68N6S2/c1-3-4-28-96-66(2)83-22-8-14-29-97(83)110(96)80-52-47-73(48-53-80)95-65-94(72-43-37-68(38-44-72)77-51-56-105-91(61-77)88-27-13-19-34-103(88)114-105)108-106(109-95)74-45-39-69(40-46-74)75-49-54-101-89(59-75)86-25-11-17-32-100(86)112(101)82-58-78(57-81(64-82)111-98-30-15-9-23-84(98)85-24-10-16-31-99(85)111)79-62-92(70-20-6-5-7-21-70)107-93(63-79)71-41-35-67(36-42-71)76-50-55-104-90(60-76)87-26-12-18-33-102(87)113-104/h3-65H,1H2,2H3/b28-4-. The second-order valence-electron chi connectivity index (χ2n) is 29.5. The van der Waals surface area contributed by atoms with E-state index in [1.54, 1.807) is 0 Å². The molecule has 0 aliphatic heterocycles. The smallest absolute Gasteiger partial charge is 0.160 e. The van der Waals surface area contributed by atoms with Gasteiger partial charge in [-0.2, -0.15) is 0 Å². The fourth-order valence-corrected chi connectivity index (χ4v) is 19.4. The lowest BCUT2D eigenvalue weighted by Crippen LogP contribution is -2.00. The van der Waals surface area contributed by atoms with Gasteiger partial charge in [-0.25, -0.2) is 15.0 Å². The van der Waals surface area contributed by atoms with Gasteiger partial charge in [-0.3, -0.25) is 0 Å². The van der Waals surface area contributed by atoms with E-state index < -0.39 is 0 Å². The number of nitrogens with zero attached hydrogens (tertiary/aromatic N) is 6. The first kappa shape index (κ1) is 66.6. The van der Waals surface area contributed by atoms with E-state index >= 15 is 0 Å². The second kappa shape index (κ2) is 27.3. The molecule has 0 saturated heterocycles. The van der Waals surface area contributed by atoms with Gasteiger partial charge in [0.2, 0.25) is 0 Å². The molecule has 6 nitrogen and oxygen atoms in total. The number of fused-ring (bicyclic) bond motifs is 13. The number of aromatic nitrogens is 6. The molecule has 0 amide bonds. The van der Waals surface area contributed by atoms with E-state index in [9.17, 15) is 0 Å². The number of benzene rings is 15. The van der Waals surface area contributed by atoms with Crippen LogP contribution in [0.4, 0.5) is 0 Å². The van der Waals surface area contributed by atoms with Gasteiger partial charge < -0.3 is 13.7 Å². The Morgan fingerprint density at radius 3 is 1.11 bits per heavy atom. The number of para-hydroxylation sites is 4. The normalized spacial score (nSPS) is 11.9. The molecule has 534 valence electrons. The number of pyridine rings is 1. The maximum atomic E-state index is 5.49. The molecular formula is C106H68N6S2. The van der Waals surface area contributed by atoms with Crippen LogP contribution in [0.2, 0.25) is 0 Å². The summed E-state index contributed by atoms with van der Waals surface area (Å²) in [7, 11) is 0. The molecule has 22 aromatic rings. The van der Waals surface area contributed by atoms with Crippen LogP contribution in [-0.2, 0) is 0 Å². The summed E-state index contributed by atoms with van der Waals surface area (Å²) >= 11 is 3.69. The Labute approximate surface area is 666 Å². The topological polar surface area (TPSA) is 53.5 Å². The largest absolute Gasteiger partial charge is 0.310 e. The van der Waals surface area contributed by atoms with Crippen molar-refractivity contribution in [2.45, 2.75) is 6.92 Å². The second-order valence-corrected chi connectivity index (χ2v) is 31.7. The van der Waals surface area contributed by atoms with Crippen molar-refractivity contribution in [2.24, 2.45) is 0 Å². The number of thiophene rings is 2. The summed E-state index contributed by atoms with van der Waals surface area (Å²) in [5.41, 5.74) is 28.6. The first-order valence-corrected chi connectivity index (χ1v) is 40.3. The minimum absolute atomic E-state index is 0.646. The molecule has 7 heterocycles. The predicted octanol–water partition coefficient (Wildman–Crippen LogP) is 29.3. The fourth-order valence-electron chi connectivity index (χ4n) is 17.3. The third-order valence-electron chi connectivity index (χ3n) is 22.9. The molecule has 0 atom stereocenters. The highest BCUT2D eigenvalue weighted by Gasteiger charge is 2.22. The molecular weight excluding hydrogens is 1420 g/mol. The Morgan fingerprint density at radius 2 is 0.605 bits per heavy atom. The molecule has 0 N–H and O–H groups in total. The zero-order valence-electron chi connectivity index (χ0n) is 62.1. The number of allylic oxidation sites excluding steroid dienone is 2. The van der Waals surface area contributed by atoms with Crippen molar-refractivity contribution < 1.29 is 0 Å². The quantitative estimate of drug-likeness (QED) is 0.102. The Kier molecular flexibility index (Phi) is 15.9. The molecule has 0 bridgehead atoms. The molecule has 114 heavy (non-hydrogen) atoms. The van der Waals surface area contributed by atoms with Crippen molar-refractivity contribution in [3.8, 4) is 118 Å². The average Bonchev–Trinajstić information content (AvgIpc) is 1.57. The van der Waals surface area contributed by atoms with Gasteiger partial charge >= 0.3 is 0 Å². The highest BCUT2D eigenvalue weighted by Crippen LogP contribution is 2.44. The van der Waals surface area contributed by atoms with E-state index in [1.807, 2.05) is 34.8 Å². The lowest BCUT2D eigenvalue weighted by atomic mass is 9.97. The average molecular weight is 1490 g/mol. The lowest BCUT2D eigenvalue weighted by molar-refractivity contribution is 1.10. The van der Waals surface area contributed by atoms with Crippen LogP contribution >= 0.6 is 22.7 Å². The molecule has 0 aliphatic rings. The van der Waals surface area contributed by atoms with Crippen LogP contribution in [0.5, 0.6) is 0 Å². The van der Waals surface area contributed by atoms with Gasteiger partial charge in [0.05, 0.1) is 50.4 Å². The van der Waals surface area contributed by atoms with E-state index in [1.165, 1.54) is 73.2 Å². The number of hydrogen-bond donors (Lipinski definition) is 0. The summed E-state index contributed by atoms with van der Waals surface area (Å²) in [6.45, 7) is 6.18. The Morgan fingerprint density at radius 1 is 0.246 bits per heavy atom. The van der Waals surface area contributed by atoms with Crippen LogP contribution in [0.25, 0.3) is 219 Å². The molecule has 7 aromatic heterocycles. The van der Waals surface area contributed by atoms with Crippen molar-refractivity contribution >= 4 is 124 Å². The van der Waals surface area contributed by atoms with E-state index in [-0.39, 0.29) is 0 Å². The third kappa shape index (κ3) is 11.4. The van der Waals surface area contributed by atoms with E-state index in [4.69, 9.17) is 15.0 Å². The number of hydrogen-bond acceptors (Lipinski definition) is 5. The zero-order valence-corrected chi connectivity index (χ0v) is 63.7. The van der Waals surface area contributed by atoms with E-state index in [0.29, 0.717) is 5.82 Å². The van der Waals surface area contributed by atoms with Crippen LogP contribution in [0.15, 0.2) is 383 Å². The van der Waals surface area contributed by atoms with Crippen molar-refractivity contribution in [3.63, 3.8) is 0 Å². The van der Waals surface area contributed by atoms with Crippen molar-refractivity contribution in [3.05, 3.63) is 394 Å². The Bertz CT molecular complexity index is 7610. The lowest BCUT2D eigenvalue weighted by Gasteiger charge is -2.17. The molecule has 0 spiro atoms. The van der Waals surface area contributed by atoms with Crippen molar-refractivity contribution in [1.29, 1.82) is 0 Å². The van der Waals surface area contributed by atoms with Crippen molar-refractivity contribution in [2.75, 3.05) is 0 Å².